The van der Waals surface area contributed by atoms with E-state index in [9.17, 15) is 10.2 Å². The summed E-state index contributed by atoms with van der Waals surface area (Å²) in [5.41, 5.74) is -1.65. The quantitative estimate of drug-likeness (QED) is 0.0613. The van der Waals surface area contributed by atoms with Crippen LogP contribution in [0.4, 0.5) is 0 Å². The Labute approximate surface area is 238 Å². The van der Waals surface area contributed by atoms with Crippen LogP contribution in [0, 0.1) is 0 Å². The number of hydrogen-bond donors (Lipinski definition) is 2. The molecule has 0 saturated carbocycles. The van der Waals surface area contributed by atoms with E-state index in [0.717, 1.165) is 24.9 Å². The summed E-state index contributed by atoms with van der Waals surface area (Å²) in [4.78, 5) is 11.0. The predicted octanol–water partition coefficient (Wildman–Crippen LogP) is 6.14. The van der Waals surface area contributed by atoms with Crippen LogP contribution in [0.1, 0.15) is 39.5 Å². The molecule has 0 bridgehead atoms. The van der Waals surface area contributed by atoms with Gasteiger partial charge in [0.1, 0.15) is 24.4 Å². The Balaban J connectivity index is 4.66. The maximum Gasteiger partial charge on any atom is 0.173 e. The van der Waals surface area contributed by atoms with Gasteiger partial charge in [-0.1, -0.05) is 13.8 Å². The van der Waals surface area contributed by atoms with E-state index in [1.54, 1.807) is 0 Å². The molecule has 0 amide bonds. The van der Waals surface area contributed by atoms with Crippen LogP contribution in [0.15, 0.2) is 0 Å². The van der Waals surface area contributed by atoms with Crippen molar-refractivity contribution < 1.29 is 37.7 Å². The van der Waals surface area contributed by atoms with Crippen molar-refractivity contribution in [2.45, 2.75) is 128 Å². The van der Waals surface area contributed by atoms with Crippen LogP contribution in [-0.2, 0) is 27.5 Å². The van der Waals surface area contributed by atoms with Crippen LogP contribution in [0.25, 0.3) is 0 Å². The molecule has 0 rings (SSSR count). The highest BCUT2D eigenvalue weighted by molar-refractivity contribution is 6.84. The molecular formula is C26H62O8Si4. The fourth-order valence-corrected chi connectivity index (χ4v) is 20.6. The molecule has 12 heteroatoms. The normalized spacial score (nSPS) is 16.9. The van der Waals surface area contributed by atoms with Gasteiger partial charge in [-0.05, 0) is 103 Å². The number of aliphatic hydroxyl groups is 2. The van der Waals surface area contributed by atoms with Crippen molar-refractivity contribution in [2.24, 2.45) is 0 Å². The smallest absolute Gasteiger partial charge is 0.173 e. The van der Waals surface area contributed by atoms with Gasteiger partial charge in [-0.3, -0.25) is 0 Å². The lowest BCUT2D eigenvalue weighted by molar-refractivity contribution is -0.345. The van der Waals surface area contributed by atoms with Gasteiger partial charge in [0.25, 0.3) is 0 Å². The van der Waals surface area contributed by atoms with Crippen molar-refractivity contribution >= 4 is 33.3 Å². The van der Waals surface area contributed by atoms with Crippen LogP contribution < -0.4 is 0 Å². The summed E-state index contributed by atoms with van der Waals surface area (Å²) in [6, 6.07) is 2.02. The van der Waals surface area contributed by atoms with Gasteiger partial charge in [-0.25, -0.2) is 9.78 Å². The molecule has 0 aromatic heterocycles. The second-order valence-electron chi connectivity index (χ2n) is 13.8. The van der Waals surface area contributed by atoms with Crippen molar-refractivity contribution in [3.63, 3.8) is 0 Å². The molecule has 0 fully saturated rings. The van der Waals surface area contributed by atoms with E-state index in [1.165, 1.54) is 0 Å². The molecule has 0 spiro atoms. The van der Waals surface area contributed by atoms with Crippen molar-refractivity contribution in [3.05, 3.63) is 0 Å². The van der Waals surface area contributed by atoms with E-state index in [-0.39, 0.29) is 26.4 Å². The summed E-state index contributed by atoms with van der Waals surface area (Å²) < 4.78 is 25.1. The molecule has 0 radical (unpaired) electrons. The number of ether oxygens (including phenoxy) is 2. The lowest BCUT2D eigenvalue weighted by atomic mass is 10.0. The molecule has 0 heterocycles. The topological polar surface area (TPSA) is 95.8 Å². The Kier molecular flexibility index (Phi) is 17.1. The van der Waals surface area contributed by atoms with Gasteiger partial charge in [-0.2, -0.15) is 0 Å². The van der Waals surface area contributed by atoms with Crippen molar-refractivity contribution in [2.75, 3.05) is 39.6 Å². The summed E-state index contributed by atoms with van der Waals surface area (Å²) in [7, 11) is -6.58. The van der Waals surface area contributed by atoms with Gasteiger partial charge in [0.15, 0.2) is 33.3 Å². The van der Waals surface area contributed by atoms with Gasteiger partial charge in [0.05, 0.1) is 13.2 Å². The Bertz CT molecular complexity index is 574. The molecule has 0 saturated heterocycles. The number of hydrogen-bond acceptors (Lipinski definition) is 8. The minimum absolute atomic E-state index is 0.102. The minimum atomic E-state index is -1.73. The highest BCUT2D eigenvalue weighted by atomic mass is 28.4. The van der Waals surface area contributed by atoms with Gasteiger partial charge in [0, 0.05) is 13.2 Å². The van der Waals surface area contributed by atoms with E-state index in [4.69, 9.17) is 27.5 Å². The molecule has 0 aromatic carbocycles. The monoisotopic (exact) mass is 614 g/mol. The number of aliphatic hydroxyl groups excluding tert-OH is 2. The van der Waals surface area contributed by atoms with Gasteiger partial charge in [0.2, 0.25) is 0 Å². The molecule has 0 aliphatic carbocycles. The Morgan fingerprint density at radius 3 is 1.11 bits per heavy atom. The van der Waals surface area contributed by atoms with Crippen LogP contribution >= 0.6 is 0 Å². The molecule has 2 N–H and O–H groups in total. The van der Waals surface area contributed by atoms with E-state index >= 15 is 0 Å². The zero-order valence-electron chi connectivity index (χ0n) is 26.8. The van der Waals surface area contributed by atoms with Gasteiger partial charge >= 0.3 is 0 Å². The molecule has 0 aromatic rings. The molecule has 38 heavy (non-hydrogen) atoms. The largest absolute Gasteiger partial charge is 0.456 e. The van der Waals surface area contributed by atoms with Gasteiger partial charge < -0.3 is 27.9 Å². The number of rotatable bonds is 23. The fraction of sp³-hybridized carbons (Fsp3) is 1.00. The molecule has 0 aliphatic rings. The molecule has 2 unspecified atom stereocenters. The average Bonchev–Trinajstić information content (AvgIpc) is 2.76. The third-order valence-corrected chi connectivity index (χ3v) is 18.9. The molecular weight excluding hydrogens is 553 g/mol. The zero-order valence-corrected chi connectivity index (χ0v) is 30.8. The molecule has 8 nitrogen and oxygen atoms in total. The second-order valence-corrected chi connectivity index (χ2v) is 31.9. The van der Waals surface area contributed by atoms with E-state index < -0.39 is 44.5 Å². The van der Waals surface area contributed by atoms with Crippen LogP contribution in [0.5, 0.6) is 0 Å². The zero-order chi connectivity index (χ0) is 29.7. The predicted molar refractivity (Wildman–Crippen MR) is 167 cm³/mol. The standard InChI is InChI=1S/C26H62O8Si4/c1-13-25(21-27,29-17-15-19-37(9,10)33-35(3,4)5)23-31-32-24-26(14-2,22-28)30-18-16-20-38(11,12)34-36(6,7)8/h27-28H,13-24H2,1-12H3. The lowest BCUT2D eigenvalue weighted by Crippen LogP contribution is -2.45. The maximum atomic E-state index is 10.1. The molecule has 230 valence electrons. The highest BCUT2D eigenvalue weighted by Gasteiger charge is 2.34. The van der Waals surface area contributed by atoms with Gasteiger partial charge in [-0.15, -0.1) is 0 Å². The lowest BCUT2D eigenvalue weighted by Gasteiger charge is -2.34. The summed E-state index contributed by atoms with van der Waals surface area (Å²) in [5.74, 6) is 0. The SMILES string of the molecule is CCC(CO)(COOCC(CC)(CO)OCCC[Si](C)(C)O[Si](C)(C)C)OCCC[Si](C)(C)O[Si](C)(C)C. The van der Waals surface area contributed by atoms with Crippen molar-refractivity contribution in [1.29, 1.82) is 0 Å². The minimum Gasteiger partial charge on any atom is -0.456 e. The van der Waals surface area contributed by atoms with Crippen LogP contribution in [-0.4, -0.2) is 94.3 Å². The third-order valence-electron chi connectivity index (χ3n) is 6.42. The molecule has 0 aliphatic heterocycles. The first-order chi connectivity index (χ1) is 17.3. The Hall–Kier alpha value is 0.548. The maximum absolute atomic E-state index is 10.1. The molecule has 2 atom stereocenters. The van der Waals surface area contributed by atoms with E-state index in [2.05, 4.69) is 65.5 Å². The highest BCUT2D eigenvalue weighted by Crippen LogP contribution is 2.24. The summed E-state index contributed by atoms with van der Waals surface area (Å²) >= 11 is 0. The second kappa shape index (κ2) is 16.9. The average molecular weight is 615 g/mol. The van der Waals surface area contributed by atoms with E-state index in [0.29, 0.717) is 26.1 Å². The summed E-state index contributed by atoms with van der Waals surface area (Å²) in [5, 5.41) is 20.2. The Morgan fingerprint density at radius 1 is 0.553 bits per heavy atom. The first-order valence-corrected chi connectivity index (χ1v) is 27.5. The van der Waals surface area contributed by atoms with Crippen LogP contribution in [0.2, 0.25) is 77.6 Å². The Morgan fingerprint density at radius 2 is 0.868 bits per heavy atom. The first-order valence-electron chi connectivity index (χ1n) is 14.4. The first kappa shape index (κ1) is 38.5. The fourth-order valence-electron chi connectivity index (χ4n) is 4.53. The van der Waals surface area contributed by atoms with Crippen LogP contribution in [0.3, 0.4) is 0 Å². The summed E-state index contributed by atoms with van der Waals surface area (Å²) in [6.07, 6.45) is 2.94. The van der Waals surface area contributed by atoms with Crippen molar-refractivity contribution in [3.8, 4) is 0 Å². The van der Waals surface area contributed by atoms with Crippen molar-refractivity contribution in [1.82, 2.24) is 0 Å². The summed E-state index contributed by atoms with van der Waals surface area (Å²) in [6.45, 7) is 27.3. The third kappa shape index (κ3) is 17.4. The van der Waals surface area contributed by atoms with E-state index in [1.807, 2.05) is 13.8 Å².